The first-order chi connectivity index (χ1) is 15.2. The van der Waals surface area contributed by atoms with Gasteiger partial charge in [-0.15, -0.1) is 0 Å². The van der Waals surface area contributed by atoms with Gasteiger partial charge in [-0.2, -0.15) is 4.98 Å². The number of aromatic nitrogens is 2. The molecule has 0 aromatic carbocycles. The molecule has 9 nitrogen and oxygen atoms in total. The van der Waals surface area contributed by atoms with E-state index in [1.807, 2.05) is 6.92 Å². The summed E-state index contributed by atoms with van der Waals surface area (Å²) in [5.41, 5.74) is 11.9. The summed E-state index contributed by atoms with van der Waals surface area (Å²) in [6.07, 6.45) is -0.134. The molecule has 11 heteroatoms. The first-order valence-corrected chi connectivity index (χ1v) is 15.9. The van der Waals surface area contributed by atoms with Crippen LogP contribution in [0.25, 0.3) is 0 Å². The van der Waals surface area contributed by atoms with Gasteiger partial charge in [-0.3, -0.25) is 4.57 Å². The zero-order valence-corrected chi connectivity index (χ0v) is 23.5. The second-order valence-electron chi connectivity index (χ2n) is 10.9. The lowest BCUT2D eigenvalue weighted by molar-refractivity contribution is -0.0575. The van der Waals surface area contributed by atoms with Crippen molar-refractivity contribution in [2.24, 2.45) is 5.73 Å². The first kappa shape index (κ1) is 26.5. The number of nitrogens with zero attached hydrogens (tertiary/aromatic N) is 2. The maximum atomic E-state index is 12.6. The van der Waals surface area contributed by atoms with Gasteiger partial charge in [0.15, 0.2) is 6.23 Å². The van der Waals surface area contributed by atoms with E-state index in [1.165, 1.54) is 4.57 Å². The Balaban J connectivity index is 2.13. The monoisotopic (exact) mass is 498 g/mol. The quantitative estimate of drug-likeness (QED) is 0.592. The number of rotatable bonds is 5. The minimum atomic E-state index is -2.85. The van der Waals surface area contributed by atoms with Crippen LogP contribution < -0.4 is 17.2 Å². The fourth-order valence-electron chi connectivity index (χ4n) is 5.35. The molecule has 3 heterocycles. The Kier molecular flexibility index (Phi) is 7.37. The highest BCUT2D eigenvalue weighted by Gasteiger charge is 2.64. The number of ether oxygens (including phenoxy) is 1. The third-order valence-corrected chi connectivity index (χ3v) is 17.4. The molecule has 2 aliphatic rings. The molecule has 2 fully saturated rings. The molecule has 0 saturated carbocycles. The molecule has 0 bridgehead atoms. The molecule has 33 heavy (non-hydrogen) atoms. The molecular formula is C22H42N4O5Si2. The van der Waals surface area contributed by atoms with E-state index in [9.17, 15) is 4.79 Å². The van der Waals surface area contributed by atoms with E-state index in [0.29, 0.717) is 6.61 Å². The van der Waals surface area contributed by atoms with Crippen molar-refractivity contribution >= 4 is 22.9 Å². The summed E-state index contributed by atoms with van der Waals surface area (Å²) in [7, 11) is -5.54. The standard InChI is InChI=1S/C22H42N4O5Si2/c1-13(2)32(14(3)4)28-12-17-19(30-33(31-32,15(5)6)16(7)8)22(9,24)20(29-17)26-11-10-18(23)25-21(26)27/h10-11,13-17,19-20H,12,24H2,1-9H3,(H2,23,25,27)/t17-,19-,20-,22-/m1/s1. The van der Waals surface area contributed by atoms with Crippen LogP contribution >= 0.6 is 0 Å². The van der Waals surface area contributed by atoms with Crippen LogP contribution in [0.1, 0.15) is 68.5 Å². The second kappa shape index (κ2) is 9.17. The van der Waals surface area contributed by atoms with Gasteiger partial charge in [-0.1, -0.05) is 55.4 Å². The third kappa shape index (κ3) is 4.37. The number of nitrogens with two attached hydrogens (primary N) is 2. The predicted octanol–water partition coefficient (Wildman–Crippen LogP) is 3.40. The predicted molar refractivity (Wildman–Crippen MR) is 133 cm³/mol. The lowest BCUT2D eigenvalue weighted by atomic mass is 9.93. The largest absolute Gasteiger partial charge is 0.414 e. The number of hydrogen-bond acceptors (Lipinski definition) is 8. The Labute approximate surface area is 199 Å². The van der Waals surface area contributed by atoms with E-state index in [2.05, 4.69) is 60.4 Å². The summed E-state index contributed by atoms with van der Waals surface area (Å²) in [5.74, 6) is 0.155. The average Bonchev–Trinajstić information content (AvgIpc) is 2.90. The molecule has 0 unspecified atom stereocenters. The van der Waals surface area contributed by atoms with Crippen molar-refractivity contribution in [3.8, 4) is 0 Å². The van der Waals surface area contributed by atoms with Gasteiger partial charge in [-0.25, -0.2) is 4.79 Å². The highest BCUT2D eigenvalue weighted by atomic mass is 28.5. The van der Waals surface area contributed by atoms with Crippen molar-refractivity contribution < 1.29 is 17.7 Å². The number of anilines is 1. The van der Waals surface area contributed by atoms with E-state index in [1.54, 1.807) is 12.3 Å². The van der Waals surface area contributed by atoms with E-state index in [-0.39, 0.29) is 28.0 Å². The summed E-state index contributed by atoms with van der Waals surface area (Å²) >= 11 is 0. The van der Waals surface area contributed by atoms with Crippen LogP contribution in [0, 0.1) is 0 Å². The molecule has 188 valence electrons. The van der Waals surface area contributed by atoms with Gasteiger partial charge in [0.05, 0.1) is 18.2 Å². The Morgan fingerprint density at radius 2 is 1.61 bits per heavy atom. The summed E-state index contributed by atoms with van der Waals surface area (Å²) < 4.78 is 28.9. The molecule has 0 aliphatic carbocycles. The molecule has 0 radical (unpaired) electrons. The van der Waals surface area contributed by atoms with Crippen molar-refractivity contribution in [1.82, 2.24) is 9.55 Å². The van der Waals surface area contributed by atoms with E-state index >= 15 is 0 Å². The van der Waals surface area contributed by atoms with E-state index < -0.39 is 46.8 Å². The highest BCUT2D eigenvalue weighted by Crippen LogP contribution is 2.49. The Morgan fingerprint density at radius 3 is 2.09 bits per heavy atom. The zero-order valence-electron chi connectivity index (χ0n) is 21.5. The zero-order chi connectivity index (χ0) is 24.9. The van der Waals surface area contributed by atoms with Gasteiger partial charge in [0.2, 0.25) is 0 Å². The Hall–Kier alpha value is -1.09. The summed E-state index contributed by atoms with van der Waals surface area (Å²) in [5, 5.41) is 0. The maximum absolute atomic E-state index is 12.6. The number of fused-ring (bicyclic) bond motifs is 1. The number of nitrogen functional groups attached to an aromatic ring is 1. The minimum absolute atomic E-state index is 0.155. The molecule has 0 spiro atoms. The van der Waals surface area contributed by atoms with Gasteiger partial charge in [0.1, 0.15) is 11.9 Å². The second-order valence-corrected chi connectivity index (χ2v) is 19.8. The molecule has 1 aromatic rings. The van der Waals surface area contributed by atoms with Crippen LogP contribution in [0.5, 0.6) is 0 Å². The topological polar surface area (TPSA) is 124 Å². The van der Waals surface area contributed by atoms with Gasteiger partial charge >= 0.3 is 22.8 Å². The summed E-state index contributed by atoms with van der Waals surface area (Å²) in [6.45, 7) is 19.5. The average molecular weight is 499 g/mol. The van der Waals surface area contributed by atoms with Crippen LogP contribution in [-0.4, -0.2) is 51.0 Å². The van der Waals surface area contributed by atoms with Crippen LogP contribution in [0.15, 0.2) is 17.1 Å². The number of hydrogen-bond donors (Lipinski definition) is 2. The summed E-state index contributed by atoms with van der Waals surface area (Å²) in [6, 6.07) is 1.57. The van der Waals surface area contributed by atoms with Gasteiger partial charge in [0.25, 0.3) is 0 Å². The smallest absolute Gasteiger partial charge is 0.351 e. The molecule has 0 amide bonds. The normalized spacial score (nSPS) is 31.8. The van der Waals surface area contributed by atoms with Crippen molar-refractivity contribution in [1.29, 1.82) is 0 Å². The van der Waals surface area contributed by atoms with E-state index in [0.717, 1.165) is 0 Å². The van der Waals surface area contributed by atoms with Gasteiger partial charge < -0.3 is 29.2 Å². The van der Waals surface area contributed by atoms with Crippen molar-refractivity contribution in [3.05, 3.63) is 22.7 Å². The molecule has 2 aliphatic heterocycles. The van der Waals surface area contributed by atoms with Crippen LogP contribution in [0.2, 0.25) is 22.2 Å². The first-order valence-electron chi connectivity index (χ1n) is 12.0. The van der Waals surface area contributed by atoms with Gasteiger partial charge in [-0.05, 0) is 35.2 Å². The Bertz CT molecular complexity index is 889. The molecular weight excluding hydrogens is 456 g/mol. The minimum Gasteiger partial charge on any atom is -0.414 e. The van der Waals surface area contributed by atoms with Crippen molar-refractivity contribution in [2.45, 2.75) is 108 Å². The van der Waals surface area contributed by atoms with Crippen molar-refractivity contribution in [3.63, 3.8) is 0 Å². The summed E-state index contributed by atoms with van der Waals surface area (Å²) in [4.78, 5) is 16.5. The molecule has 2 saturated heterocycles. The molecule has 4 N–H and O–H groups in total. The SMILES string of the molecule is CC(C)[Si]1(C(C)C)OC[C@H]2O[C@@H](n3ccc(N)nc3=O)[C@](C)(N)[C@@H]2O[Si](C(C)C)(C(C)C)O1. The lowest BCUT2D eigenvalue weighted by Crippen LogP contribution is -2.68. The molecule has 4 atom stereocenters. The Morgan fingerprint density at radius 1 is 1.06 bits per heavy atom. The fourth-order valence-corrected chi connectivity index (χ4v) is 16.6. The van der Waals surface area contributed by atoms with Crippen LogP contribution in [0.4, 0.5) is 5.82 Å². The molecule has 3 rings (SSSR count). The van der Waals surface area contributed by atoms with Crippen molar-refractivity contribution in [2.75, 3.05) is 12.3 Å². The van der Waals surface area contributed by atoms with E-state index in [4.69, 9.17) is 29.2 Å². The fraction of sp³-hybridized carbons (Fsp3) is 0.818. The maximum Gasteiger partial charge on any atom is 0.351 e. The lowest BCUT2D eigenvalue weighted by Gasteiger charge is -2.52. The van der Waals surface area contributed by atoms with Gasteiger partial charge in [0, 0.05) is 6.20 Å². The highest BCUT2D eigenvalue weighted by molar-refractivity contribution is 6.84. The van der Waals surface area contributed by atoms with Crippen LogP contribution in [0.3, 0.4) is 0 Å². The van der Waals surface area contributed by atoms with Crippen LogP contribution in [-0.2, 0) is 17.7 Å². The third-order valence-electron chi connectivity index (χ3n) is 7.21. The molecule has 1 aromatic heterocycles.